The molecule has 10 nitrogen and oxygen atoms in total. The summed E-state index contributed by atoms with van der Waals surface area (Å²) >= 11 is 0. The van der Waals surface area contributed by atoms with Crippen LogP contribution >= 0.6 is 0 Å². The van der Waals surface area contributed by atoms with Gasteiger partial charge in [-0.3, -0.25) is 0 Å². The van der Waals surface area contributed by atoms with Crippen LogP contribution in [0.15, 0.2) is 35.6 Å². The predicted molar refractivity (Wildman–Crippen MR) is 129 cm³/mol. The third-order valence-corrected chi connectivity index (χ3v) is 8.76. The lowest BCUT2D eigenvalue weighted by atomic mass is 10.0. The molecule has 0 aliphatic carbocycles. The topological polar surface area (TPSA) is 151 Å². The Hall–Kier alpha value is -3.62. The second kappa shape index (κ2) is 10.2. The highest BCUT2D eigenvalue weighted by Gasteiger charge is 2.70. The molecule has 0 saturated carbocycles. The zero-order valence-corrected chi connectivity index (χ0v) is 21.7. The summed E-state index contributed by atoms with van der Waals surface area (Å²) in [5.74, 6) is -1.88. The van der Waals surface area contributed by atoms with Gasteiger partial charge in [-0.1, -0.05) is 12.0 Å². The van der Waals surface area contributed by atoms with Crippen LogP contribution in [-0.4, -0.2) is 69.5 Å². The number of amidine groups is 1. The maximum atomic E-state index is 15.0. The Kier molecular flexibility index (Phi) is 7.80. The number of halogens is 5. The first-order chi connectivity index (χ1) is 17.9. The van der Waals surface area contributed by atoms with Crippen molar-refractivity contribution in [3.05, 3.63) is 53.2 Å². The van der Waals surface area contributed by atoms with Crippen molar-refractivity contribution in [3.8, 4) is 18.2 Å². The van der Waals surface area contributed by atoms with E-state index < -0.39 is 65.3 Å². The molecular formula is C22H19F5N4O6S2. The van der Waals surface area contributed by atoms with Crippen molar-refractivity contribution >= 4 is 37.4 Å². The van der Waals surface area contributed by atoms with Crippen LogP contribution in [0.1, 0.15) is 16.8 Å². The van der Waals surface area contributed by atoms with Gasteiger partial charge in [0, 0.05) is 18.1 Å². The Morgan fingerprint density at radius 1 is 1.21 bits per heavy atom. The second-order valence-electron chi connectivity index (χ2n) is 8.19. The minimum atomic E-state index is -5.67. The number of aromatic nitrogens is 2. The standard InChI is InChI=1S/C22H19F5N4O6S2/c1-4-7-36-18-11-29-17(10-30-18)16(24)9-13-5-6-15(23)14(8-13)20(38(2,32)33)12-37-21(19(28)31-20,22(25,26)27)39(3,34)35/h1,5-6,8-11H,7,12H2,2-3H3,(H2,28,31)/b16-9-/t20-,21+/m0/s1. The van der Waals surface area contributed by atoms with Crippen molar-refractivity contribution in [1.29, 1.82) is 0 Å². The summed E-state index contributed by atoms with van der Waals surface area (Å²) in [6.07, 6.45) is 2.92. The first-order valence-electron chi connectivity index (χ1n) is 10.4. The zero-order chi connectivity index (χ0) is 29.4. The first kappa shape index (κ1) is 29.9. The summed E-state index contributed by atoms with van der Waals surface area (Å²) in [4.78, 5) is 3.86. The van der Waals surface area contributed by atoms with E-state index in [0.717, 1.165) is 30.6 Å². The Labute approximate surface area is 219 Å². The number of nitrogens with zero attached hydrogens (tertiary/aromatic N) is 3. The number of hydrogen-bond donors (Lipinski definition) is 1. The molecule has 2 atom stereocenters. The fourth-order valence-electron chi connectivity index (χ4n) is 3.62. The second-order valence-corrected chi connectivity index (χ2v) is 12.5. The van der Waals surface area contributed by atoms with Gasteiger partial charge in [0.05, 0.1) is 19.0 Å². The third-order valence-electron chi connectivity index (χ3n) is 5.50. The molecule has 3 rings (SSSR count). The van der Waals surface area contributed by atoms with Gasteiger partial charge in [0.25, 0.3) is 0 Å². The van der Waals surface area contributed by atoms with E-state index in [9.17, 15) is 38.8 Å². The minimum Gasteiger partial charge on any atom is -0.463 e. The van der Waals surface area contributed by atoms with Gasteiger partial charge >= 0.3 is 11.1 Å². The summed E-state index contributed by atoms with van der Waals surface area (Å²) in [6.45, 7) is -1.70. The predicted octanol–water partition coefficient (Wildman–Crippen LogP) is 1.98. The number of rotatable bonds is 7. The molecule has 0 radical (unpaired) electrons. The summed E-state index contributed by atoms with van der Waals surface area (Å²) < 4.78 is 131. The van der Waals surface area contributed by atoms with Gasteiger partial charge in [-0.15, -0.1) is 6.42 Å². The number of benzene rings is 1. The maximum Gasteiger partial charge on any atom is 0.439 e. The van der Waals surface area contributed by atoms with Gasteiger partial charge in [0.15, 0.2) is 37.9 Å². The van der Waals surface area contributed by atoms with E-state index in [1.165, 1.54) is 0 Å². The molecular weight excluding hydrogens is 575 g/mol. The van der Waals surface area contributed by atoms with Gasteiger partial charge < -0.3 is 15.2 Å². The van der Waals surface area contributed by atoms with E-state index in [4.69, 9.17) is 16.9 Å². The fraction of sp³-hybridized carbons (Fsp3) is 0.318. The van der Waals surface area contributed by atoms with E-state index in [-0.39, 0.29) is 30.0 Å². The molecule has 0 spiro atoms. The monoisotopic (exact) mass is 594 g/mol. The van der Waals surface area contributed by atoms with Crippen molar-refractivity contribution in [3.63, 3.8) is 0 Å². The average molecular weight is 595 g/mol. The van der Waals surface area contributed by atoms with Crippen LogP contribution in [0.2, 0.25) is 0 Å². The van der Waals surface area contributed by atoms with Gasteiger partial charge in [0.2, 0.25) is 10.8 Å². The minimum absolute atomic E-state index is 0.000405. The third kappa shape index (κ3) is 5.31. The highest BCUT2D eigenvalue weighted by Crippen LogP contribution is 2.46. The van der Waals surface area contributed by atoms with Crippen LogP contribution in [0.25, 0.3) is 11.9 Å². The number of terminal acetylenes is 1. The summed E-state index contributed by atoms with van der Waals surface area (Å²) in [6, 6.07) is 2.52. The highest BCUT2D eigenvalue weighted by molar-refractivity contribution is 7.93. The number of alkyl halides is 3. The first-order valence-corrected chi connectivity index (χ1v) is 14.2. The SMILES string of the molecule is C#CCOc1cnc(/C(F)=C/c2ccc(F)c([C@@]3(S(C)(=O)=O)CO[C@@](C(F)(F)F)(S(C)(=O)=O)C(N)=N3)c2)cn1. The van der Waals surface area contributed by atoms with Crippen LogP contribution in [0.5, 0.6) is 5.88 Å². The van der Waals surface area contributed by atoms with Crippen LogP contribution in [0, 0.1) is 18.2 Å². The highest BCUT2D eigenvalue weighted by atomic mass is 32.2. The normalized spacial score (nSPS) is 22.6. The number of hydrogen-bond acceptors (Lipinski definition) is 10. The molecule has 0 fully saturated rings. The molecule has 1 aliphatic heterocycles. The van der Waals surface area contributed by atoms with Crippen LogP contribution in [0.3, 0.4) is 0 Å². The molecule has 1 aromatic carbocycles. The molecule has 1 aromatic heterocycles. The van der Waals surface area contributed by atoms with Crippen molar-refractivity contribution < 1.29 is 48.3 Å². The van der Waals surface area contributed by atoms with Gasteiger partial charge in [-0.2, -0.15) is 13.2 Å². The quantitative estimate of drug-likeness (QED) is 0.375. The van der Waals surface area contributed by atoms with Gasteiger partial charge in [-0.05, 0) is 23.8 Å². The van der Waals surface area contributed by atoms with Crippen molar-refractivity contribution in [2.24, 2.45) is 10.7 Å². The molecule has 2 aromatic rings. The van der Waals surface area contributed by atoms with E-state index in [1.807, 2.05) is 0 Å². The molecule has 0 saturated heterocycles. The molecule has 2 heterocycles. The van der Waals surface area contributed by atoms with Crippen LogP contribution in [0.4, 0.5) is 22.0 Å². The van der Waals surface area contributed by atoms with E-state index in [0.29, 0.717) is 12.3 Å². The lowest BCUT2D eigenvalue weighted by Gasteiger charge is -2.41. The smallest absolute Gasteiger partial charge is 0.439 e. The molecule has 0 amide bonds. The number of ether oxygens (including phenoxy) is 2. The van der Waals surface area contributed by atoms with Gasteiger partial charge in [-0.25, -0.2) is 40.6 Å². The van der Waals surface area contributed by atoms with E-state index in [2.05, 4.69) is 25.6 Å². The average Bonchev–Trinajstić information content (AvgIpc) is 2.81. The summed E-state index contributed by atoms with van der Waals surface area (Å²) in [5, 5.41) is 0. The molecule has 2 N–H and O–H groups in total. The van der Waals surface area contributed by atoms with Crippen LogP contribution in [-0.2, 0) is 29.3 Å². The van der Waals surface area contributed by atoms with Crippen molar-refractivity contribution in [2.75, 3.05) is 25.7 Å². The van der Waals surface area contributed by atoms with Crippen molar-refractivity contribution in [1.82, 2.24) is 9.97 Å². The largest absolute Gasteiger partial charge is 0.463 e. The zero-order valence-electron chi connectivity index (χ0n) is 20.0. The molecule has 0 unspecified atom stereocenters. The summed E-state index contributed by atoms with van der Waals surface area (Å²) in [5.41, 5.74) is 4.06. The van der Waals surface area contributed by atoms with E-state index >= 15 is 0 Å². The van der Waals surface area contributed by atoms with Gasteiger partial charge in [0.1, 0.15) is 11.5 Å². The molecule has 0 bridgehead atoms. The lowest BCUT2D eigenvalue weighted by Crippen LogP contribution is -2.66. The molecule has 39 heavy (non-hydrogen) atoms. The van der Waals surface area contributed by atoms with Crippen molar-refractivity contribution in [2.45, 2.75) is 16.0 Å². The Bertz CT molecular complexity index is 1600. The molecule has 210 valence electrons. The lowest BCUT2D eigenvalue weighted by molar-refractivity contribution is -0.220. The Morgan fingerprint density at radius 2 is 1.87 bits per heavy atom. The number of nitrogens with two attached hydrogens (primary N) is 1. The van der Waals surface area contributed by atoms with Crippen LogP contribution < -0.4 is 10.5 Å². The number of aliphatic imine (C=N–C) groups is 1. The Morgan fingerprint density at radius 3 is 2.36 bits per heavy atom. The number of sulfone groups is 2. The Balaban J connectivity index is 2.16. The molecule has 17 heteroatoms. The molecule has 1 aliphatic rings. The fourth-order valence-corrected chi connectivity index (χ4v) is 5.83. The maximum absolute atomic E-state index is 15.0. The summed E-state index contributed by atoms with van der Waals surface area (Å²) in [7, 11) is -9.93. The van der Waals surface area contributed by atoms with E-state index in [1.54, 1.807) is 0 Å².